The summed E-state index contributed by atoms with van der Waals surface area (Å²) in [4.78, 5) is 23.4. The molecule has 2 aromatic rings. The number of carbonyl (C=O) groups is 2. The predicted octanol–water partition coefficient (Wildman–Crippen LogP) is 2.64. The molecule has 0 atom stereocenters. The lowest BCUT2D eigenvalue weighted by Gasteiger charge is -2.20. The Balaban J connectivity index is 2.19. The summed E-state index contributed by atoms with van der Waals surface area (Å²) in [5.74, 6) is -1.46. The van der Waals surface area contributed by atoms with E-state index in [9.17, 15) is 18.0 Å². The van der Waals surface area contributed by atoms with Crippen molar-refractivity contribution < 1.29 is 23.1 Å². The van der Waals surface area contributed by atoms with Crippen molar-refractivity contribution in [3.8, 4) is 0 Å². The van der Waals surface area contributed by atoms with E-state index in [1.54, 1.807) is 45.0 Å². The van der Waals surface area contributed by atoms with E-state index >= 15 is 0 Å². The topological polar surface area (TPSA) is 113 Å². The first-order chi connectivity index (χ1) is 12.5. The Kier molecular flexibility index (Phi) is 6.02. The molecule has 0 radical (unpaired) electrons. The molecule has 0 heterocycles. The number of hydrogen-bond donors (Lipinski definition) is 3. The first-order valence-electron chi connectivity index (χ1n) is 8.23. The Bertz CT molecular complexity index is 945. The van der Waals surface area contributed by atoms with Crippen molar-refractivity contribution in [2.75, 3.05) is 5.32 Å². The van der Waals surface area contributed by atoms with E-state index < -0.39 is 27.4 Å². The second kappa shape index (κ2) is 7.89. The molecule has 3 N–H and O–H groups in total. The molecule has 0 unspecified atom stereocenters. The van der Waals surface area contributed by atoms with Gasteiger partial charge in [0.1, 0.15) is 0 Å². The highest BCUT2D eigenvalue weighted by molar-refractivity contribution is 7.89. The molecule has 2 rings (SSSR count). The minimum atomic E-state index is -3.69. The number of carboxylic acid groups (broad SMARTS) is 1. The number of nitrogens with one attached hydrogen (secondary N) is 2. The molecule has 1 amide bonds. The second-order valence-electron chi connectivity index (χ2n) is 7.06. The molecule has 0 aliphatic heterocycles. The molecule has 8 heteroatoms. The number of hydrogen-bond acceptors (Lipinski definition) is 4. The molecule has 144 valence electrons. The summed E-state index contributed by atoms with van der Waals surface area (Å²) in [7, 11) is -3.69. The number of amides is 1. The Hall–Kier alpha value is -2.71. The van der Waals surface area contributed by atoms with Gasteiger partial charge < -0.3 is 10.4 Å². The van der Waals surface area contributed by atoms with Crippen LogP contribution in [0.3, 0.4) is 0 Å². The van der Waals surface area contributed by atoms with Gasteiger partial charge in [-0.2, -0.15) is 0 Å². The van der Waals surface area contributed by atoms with Crippen LogP contribution in [0.4, 0.5) is 5.69 Å². The SMILES string of the molecule is CC(C)(C)NS(=O)(=O)c1ccc(C(=O)Nc2ccccc2CC(=O)O)cc1. The minimum Gasteiger partial charge on any atom is -0.481 e. The van der Waals surface area contributed by atoms with Crippen LogP contribution in [-0.2, 0) is 21.2 Å². The van der Waals surface area contributed by atoms with Crippen LogP contribution in [0.5, 0.6) is 0 Å². The fraction of sp³-hybridized carbons (Fsp3) is 0.263. The first-order valence-corrected chi connectivity index (χ1v) is 9.71. The van der Waals surface area contributed by atoms with Gasteiger partial charge in [-0.3, -0.25) is 9.59 Å². The Morgan fingerprint density at radius 3 is 2.15 bits per heavy atom. The lowest BCUT2D eigenvalue weighted by molar-refractivity contribution is -0.136. The summed E-state index contributed by atoms with van der Waals surface area (Å²) >= 11 is 0. The molecule has 0 spiro atoms. The zero-order chi connectivity index (χ0) is 20.2. The average molecular weight is 390 g/mol. The predicted molar refractivity (Wildman–Crippen MR) is 102 cm³/mol. The van der Waals surface area contributed by atoms with Crippen molar-refractivity contribution in [3.05, 3.63) is 59.7 Å². The number of carboxylic acids is 1. The Morgan fingerprint density at radius 1 is 1.00 bits per heavy atom. The lowest BCUT2D eigenvalue weighted by atomic mass is 10.1. The number of anilines is 1. The molecular weight excluding hydrogens is 368 g/mol. The number of rotatable bonds is 6. The van der Waals surface area contributed by atoms with E-state index in [-0.39, 0.29) is 16.9 Å². The van der Waals surface area contributed by atoms with Crippen molar-refractivity contribution in [1.82, 2.24) is 4.72 Å². The summed E-state index contributed by atoms with van der Waals surface area (Å²) in [6.07, 6.45) is -0.216. The molecule has 27 heavy (non-hydrogen) atoms. The van der Waals surface area contributed by atoms with Gasteiger partial charge in [0, 0.05) is 16.8 Å². The third-order valence-corrected chi connectivity index (χ3v) is 5.25. The van der Waals surface area contributed by atoms with Crippen LogP contribution in [0.25, 0.3) is 0 Å². The van der Waals surface area contributed by atoms with Gasteiger partial charge in [-0.05, 0) is 56.7 Å². The zero-order valence-corrected chi connectivity index (χ0v) is 16.1. The summed E-state index contributed by atoms with van der Waals surface area (Å²) in [5.41, 5.74) is 0.515. The summed E-state index contributed by atoms with van der Waals surface area (Å²) < 4.78 is 27.1. The lowest BCUT2D eigenvalue weighted by Crippen LogP contribution is -2.40. The molecule has 0 saturated carbocycles. The van der Waals surface area contributed by atoms with Crippen LogP contribution >= 0.6 is 0 Å². The molecular formula is C19H22N2O5S. The number of benzene rings is 2. The first kappa shape index (κ1) is 20.6. The summed E-state index contributed by atoms with van der Waals surface area (Å²) in [6, 6.07) is 12.1. The Labute approximate surface area is 158 Å². The van der Waals surface area contributed by atoms with Crippen molar-refractivity contribution >= 4 is 27.6 Å². The summed E-state index contributed by atoms with van der Waals surface area (Å²) in [5, 5.41) is 11.6. The van der Waals surface area contributed by atoms with Crippen molar-refractivity contribution in [1.29, 1.82) is 0 Å². The molecule has 2 aromatic carbocycles. The molecule has 0 aliphatic rings. The highest BCUT2D eigenvalue weighted by Crippen LogP contribution is 2.18. The third kappa shape index (κ3) is 5.90. The van der Waals surface area contributed by atoms with Crippen LogP contribution in [0.1, 0.15) is 36.7 Å². The van der Waals surface area contributed by atoms with E-state index in [1.165, 1.54) is 24.3 Å². The van der Waals surface area contributed by atoms with E-state index in [0.29, 0.717) is 11.3 Å². The van der Waals surface area contributed by atoms with Crippen LogP contribution in [-0.4, -0.2) is 30.9 Å². The Morgan fingerprint density at radius 2 is 1.59 bits per heavy atom. The van der Waals surface area contributed by atoms with Gasteiger partial charge in [0.25, 0.3) is 5.91 Å². The molecule has 0 bridgehead atoms. The van der Waals surface area contributed by atoms with E-state index in [2.05, 4.69) is 10.0 Å². The van der Waals surface area contributed by atoms with Crippen LogP contribution in [0, 0.1) is 0 Å². The van der Waals surface area contributed by atoms with Crippen LogP contribution in [0.15, 0.2) is 53.4 Å². The van der Waals surface area contributed by atoms with E-state index in [1.807, 2.05) is 0 Å². The van der Waals surface area contributed by atoms with E-state index in [4.69, 9.17) is 5.11 Å². The maximum absolute atomic E-state index is 12.4. The van der Waals surface area contributed by atoms with Crippen molar-refractivity contribution in [2.45, 2.75) is 37.6 Å². The maximum atomic E-state index is 12.4. The van der Waals surface area contributed by atoms with Gasteiger partial charge in [0.05, 0.1) is 11.3 Å². The fourth-order valence-electron chi connectivity index (χ4n) is 2.40. The molecule has 7 nitrogen and oxygen atoms in total. The number of para-hydroxylation sites is 1. The summed E-state index contributed by atoms with van der Waals surface area (Å²) in [6.45, 7) is 5.21. The number of aliphatic carboxylic acids is 1. The highest BCUT2D eigenvalue weighted by atomic mass is 32.2. The van der Waals surface area contributed by atoms with Crippen LogP contribution < -0.4 is 10.0 Å². The average Bonchev–Trinajstić information content (AvgIpc) is 2.54. The largest absolute Gasteiger partial charge is 0.481 e. The number of sulfonamides is 1. The van der Waals surface area contributed by atoms with Gasteiger partial charge in [-0.15, -0.1) is 0 Å². The fourth-order valence-corrected chi connectivity index (χ4v) is 3.82. The highest BCUT2D eigenvalue weighted by Gasteiger charge is 2.22. The monoisotopic (exact) mass is 390 g/mol. The normalized spacial score (nSPS) is 11.8. The molecule has 0 aliphatic carbocycles. The standard InChI is InChI=1S/C19H22N2O5S/c1-19(2,3)21-27(25,26)15-10-8-13(9-11-15)18(24)20-16-7-5-4-6-14(16)12-17(22)23/h4-11,21H,12H2,1-3H3,(H,20,24)(H,22,23). The maximum Gasteiger partial charge on any atom is 0.307 e. The van der Waals surface area contributed by atoms with Gasteiger partial charge in [0.2, 0.25) is 10.0 Å². The van der Waals surface area contributed by atoms with Gasteiger partial charge >= 0.3 is 5.97 Å². The third-order valence-electron chi connectivity index (χ3n) is 3.47. The van der Waals surface area contributed by atoms with Crippen LogP contribution in [0.2, 0.25) is 0 Å². The smallest absolute Gasteiger partial charge is 0.307 e. The zero-order valence-electron chi connectivity index (χ0n) is 15.3. The molecule has 0 saturated heterocycles. The van der Waals surface area contributed by atoms with Gasteiger partial charge in [-0.25, -0.2) is 13.1 Å². The molecule has 0 aromatic heterocycles. The van der Waals surface area contributed by atoms with Crippen molar-refractivity contribution in [3.63, 3.8) is 0 Å². The second-order valence-corrected chi connectivity index (χ2v) is 8.74. The van der Waals surface area contributed by atoms with E-state index in [0.717, 1.165) is 0 Å². The van der Waals surface area contributed by atoms with Gasteiger partial charge in [0.15, 0.2) is 0 Å². The quantitative estimate of drug-likeness (QED) is 0.702. The minimum absolute atomic E-state index is 0.0558. The number of carbonyl (C=O) groups excluding carboxylic acids is 1. The van der Waals surface area contributed by atoms with Gasteiger partial charge in [-0.1, -0.05) is 18.2 Å². The molecule has 0 fully saturated rings. The van der Waals surface area contributed by atoms with Crippen molar-refractivity contribution in [2.24, 2.45) is 0 Å².